The molecule has 2 amide bonds. The van der Waals surface area contributed by atoms with E-state index >= 15 is 0 Å². The number of fused-ring (bicyclic) bond motifs is 1. The van der Waals surface area contributed by atoms with Crippen LogP contribution in [0.2, 0.25) is 0 Å². The lowest BCUT2D eigenvalue weighted by molar-refractivity contribution is 0.00371. The van der Waals surface area contributed by atoms with Gasteiger partial charge in [0.05, 0.1) is 6.54 Å². The highest BCUT2D eigenvalue weighted by Crippen LogP contribution is 2.29. The Kier molecular flexibility index (Phi) is 8.03. The number of imide groups is 1. The molecule has 0 unspecified atom stereocenters. The zero-order chi connectivity index (χ0) is 25.8. The van der Waals surface area contributed by atoms with Crippen LogP contribution >= 0.6 is 0 Å². The number of anilines is 1. The standard InChI is InChI=1S/C27H36FN3O4/c1-26(2,3)34-24(32)31(25(33)35-27(4,5)6)15-7-8-19-12-16-30(17-13-19)23-22-18-21(28)10-9-20(22)11-14-29-23/h7-11,14,18-19H,12-13,15-17H2,1-6H3/b8-7+. The molecule has 2 heterocycles. The molecule has 0 radical (unpaired) electrons. The average Bonchev–Trinajstić information content (AvgIpc) is 2.74. The Hall–Kier alpha value is -3.16. The number of hydrogen-bond acceptors (Lipinski definition) is 6. The van der Waals surface area contributed by atoms with Crippen molar-refractivity contribution < 1.29 is 23.5 Å². The highest BCUT2D eigenvalue weighted by atomic mass is 19.1. The number of ether oxygens (including phenoxy) is 2. The number of carbonyl (C=O) groups excluding carboxylic acids is 2. The fraction of sp³-hybridized carbons (Fsp3) is 0.519. The summed E-state index contributed by atoms with van der Waals surface area (Å²) in [4.78, 5) is 32.9. The van der Waals surface area contributed by atoms with Gasteiger partial charge in [-0.15, -0.1) is 0 Å². The Morgan fingerprint density at radius 1 is 1.06 bits per heavy atom. The molecule has 0 N–H and O–H groups in total. The molecule has 1 aromatic heterocycles. The summed E-state index contributed by atoms with van der Waals surface area (Å²) in [6.07, 6.45) is 5.89. The third-order valence-electron chi connectivity index (χ3n) is 5.47. The lowest BCUT2D eigenvalue weighted by atomic mass is 9.96. The van der Waals surface area contributed by atoms with E-state index < -0.39 is 23.4 Å². The van der Waals surface area contributed by atoms with Crippen LogP contribution in [-0.4, -0.2) is 52.9 Å². The second-order valence-corrected chi connectivity index (χ2v) is 10.8. The van der Waals surface area contributed by atoms with E-state index in [-0.39, 0.29) is 18.3 Å². The minimum Gasteiger partial charge on any atom is -0.443 e. The number of aromatic nitrogens is 1. The quantitative estimate of drug-likeness (QED) is 0.472. The number of piperidine rings is 1. The van der Waals surface area contributed by atoms with Crippen LogP contribution in [0.5, 0.6) is 0 Å². The van der Waals surface area contributed by atoms with E-state index in [1.807, 2.05) is 18.2 Å². The van der Waals surface area contributed by atoms with Gasteiger partial charge in [-0.1, -0.05) is 18.2 Å². The molecule has 1 saturated heterocycles. The molecule has 7 nitrogen and oxygen atoms in total. The van der Waals surface area contributed by atoms with Gasteiger partial charge >= 0.3 is 12.2 Å². The predicted octanol–water partition coefficient (Wildman–Crippen LogP) is 6.32. The molecule has 3 rings (SSSR count). The molecular formula is C27H36FN3O4. The number of carbonyl (C=O) groups is 2. The van der Waals surface area contributed by atoms with Crippen molar-refractivity contribution in [2.75, 3.05) is 24.5 Å². The fourth-order valence-electron chi connectivity index (χ4n) is 3.90. The van der Waals surface area contributed by atoms with Gasteiger partial charge in [0.2, 0.25) is 0 Å². The van der Waals surface area contributed by atoms with Gasteiger partial charge in [-0.3, -0.25) is 0 Å². The lowest BCUT2D eigenvalue weighted by Gasteiger charge is -2.32. The van der Waals surface area contributed by atoms with Gasteiger partial charge in [-0.25, -0.2) is 23.9 Å². The zero-order valence-corrected chi connectivity index (χ0v) is 21.5. The molecule has 0 atom stereocenters. The summed E-state index contributed by atoms with van der Waals surface area (Å²) in [5.41, 5.74) is -1.46. The summed E-state index contributed by atoms with van der Waals surface area (Å²) in [5, 5.41) is 1.77. The van der Waals surface area contributed by atoms with Gasteiger partial charge in [0.1, 0.15) is 22.8 Å². The third-order valence-corrected chi connectivity index (χ3v) is 5.47. The maximum atomic E-state index is 13.8. The number of amides is 2. The van der Waals surface area contributed by atoms with Gasteiger partial charge in [-0.05, 0) is 83.9 Å². The van der Waals surface area contributed by atoms with Crippen LogP contribution < -0.4 is 4.90 Å². The van der Waals surface area contributed by atoms with Crippen molar-refractivity contribution in [1.29, 1.82) is 0 Å². The smallest absolute Gasteiger partial charge is 0.420 e. The molecule has 0 bridgehead atoms. The summed E-state index contributed by atoms with van der Waals surface area (Å²) in [7, 11) is 0. The van der Waals surface area contributed by atoms with Crippen molar-refractivity contribution in [2.24, 2.45) is 5.92 Å². The van der Waals surface area contributed by atoms with Crippen LogP contribution in [-0.2, 0) is 9.47 Å². The van der Waals surface area contributed by atoms with Crippen molar-refractivity contribution >= 4 is 28.8 Å². The first-order chi connectivity index (χ1) is 16.3. The van der Waals surface area contributed by atoms with Crippen LogP contribution in [0.3, 0.4) is 0 Å². The Labute approximate surface area is 206 Å². The topological polar surface area (TPSA) is 72.0 Å². The van der Waals surface area contributed by atoms with Crippen molar-refractivity contribution in [3.8, 4) is 0 Å². The van der Waals surface area contributed by atoms with Crippen LogP contribution in [0.15, 0.2) is 42.6 Å². The number of nitrogens with zero attached hydrogens (tertiary/aromatic N) is 3. The molecule has 0 spiro atoms. The van der Waals surface area contributed by atoms with Gasteiger partial charge in [0, 0.05) is 24.7 Å². The molecule has 8 heteroatoms. The van der Waals surface area contributed by atoms with Gasteiger partial charge in [0.25, 0.3) is 0 Å². The molecule has 0 saturated carbocycles. The summed E-state index contributed by atoms with van der Waals surface area (Å²) in [5.74, 6) is 0.812. The summed E-state index contributed by atoms with van der Waals surface area (Å²) >= 11 is 0. The Bertz CT molecular complexity index is 1050. The molecule has 35 heavy (non-hydrogen) atoms. The number of hydrogen-bond donors (Lipinski definition) is 0. The number of rotatable bonds is 4. The first-order valence-electron chi connectivity index (χ1n) is 12.0. The van der Waals surface area contributed by atoms with E-state index in [2.05, 4.69) is 9.88 Å². The highest BCUT2D eigenvalue weighted by molar-refractivity contribution is 5.92. The fourth-order valence-corrected chi connectivity index (χ4v) is 3.90. The van der Waals surface area contributed by atoms with Crippen LogP contribution in [0.1, 0.15) is 54.4 Å². The second kappa shape index (κ2) is 10.6. The average molecular weight is 486 g/mol. The van der Waals surface area contributed by atoms with Gasteiger partial charge < -0.3 is 14.4 Å². The third kappa shape index (κ3) is 7.67. The molecule has 1 aromatic carbocycles. The first-order valence-corrected chi connectivity index (χ1v) is 12.0. The molecule has 190 valence electrons. The number of pyridine rings is 1. The van der Waals surface area contributed by atoms with Gasteiger partial charge in [-0.2, -0.15) is 0 Å². The minimum atomic E-state index is -0.736. The lowest BCUT2D eigenvalue weighted by Crippen LogP contribution is -2.43. The summed E-state index contributed by atoms with van der Waals surface area (Å²) in [6.45, 7) is 12.1. The van der Waals surface area contributed by atoms with Gasteiger partial charge in [0.15, 0.2) is 0 Å². The largest absolute Gasteiger partial charge is 0.443 e. The van der Waals surface area contributed by atoms with E-state index in [1.165, 1.54) is 12.1 Å². The summed E-state index contributed by atoms with van der Waals surface area (Å²) < 4.78 is 24.6. The Balaban J connectivity index is 1.63. The number of allylic oxidation sites excluding steroid dienone is 1. The van der Waals surface area contributed by atoms with E-state index in [4.69, 9.17) is 9.47 Å². The second-order valence-electron chi connectivity index (χ2n) is 10.8. The van der Waals surface area contributed by atoms with Crippen molar-refractivity contribution in [3.05, 3.63) is 48.4 Å². The van der Waals surface area contributed by atoms with Crippen LogP contribution in [0, 0.1) is 11.7 Å². The highest BCUT2D eigenvalue weighted by Gasteiger charge is 2.30. The van der Waals surface area contributed by atoms with E-state index in [0.717, 1.165) is 47.4 Å². The van der Waals surface area contributed by atoms with Crippen molar-refractivity contribution in [3.63, 3.8) is 0 Å². The monoisotopic (exact) mass is 485 g/mol. The van der Waals surface area contributed by atoms with Crippen molar-refractivity contribution in [2.45, 2.75) is 65.6 Å². The van der Waals surface area contributed by atoms with Crippen LogP contribution in [0.4, 0.5) is 19.8 Å². The van der Waals surface area contributed by atoms with Crippen molar-refractivity contribution in [1.82, 2.24) is 9.88 Å². The van der Waals surface area contributed by atoms with E-state index in [9.17, 15) is 14.0 Å². The predicted molar refractivity (Wildman–Crippen MR) is 135 cm³/mol. The molecule has 1 aliphatic rings. The Morgan fingerprint density at radius 3 is 2.23 bits per heavy atom. The molecule has 1 aliphatic heterocycles. The number of benzene rings is 1. The molecule has 0 aliphatic carbocycles. The zero-order valence-electron chi connectivity index (χ0n) is 21.5. The Morgan fingerprint density at radius 2 is 1.66 bits per heavy atom. The molecule has 2 aromatic rings. The molecular weight excluding hydrogens is 449 g/mol. The summed E-state index contributed by atoms with van der Waals surface area (Å²) in [6, 6.07) is 6.65. The van der Waals surface area contributed by atoms with Crippen LogP contribution in [0.25, 0.3) is 10.8 Å². The molecule has 1 fully saturated rings. The maximum Gasteiger partial charge on any atom is 0.420 e. The number of halogens is 1. The van der Waals surface area contributed by atoms with E-state index in [0.29, 0.717) is 0 Å². The minimum absolute atomic E-state index is 0.0637. The SMILES string of the molecule is CC(C)(C)OC(=O)N(C/C=C/C1CCN(c2nccc3ccc(F)cc23)CC1)C(=O)OC(C)(C)C. The first kappa shape index (κ1) is 26.4. The van der Waals surface area contributed by atoms with E-state index in [1.54, 1.807) is 53.8 Å². The maximum absolute atomic E-state index is 13.8. The normalized spacial score (nSPS) is 15.5.